The van der Waals surface area contributed by atoms with Gasteiger partial charge in [0.2, 0.25) is 26.0 Å². The Balaban J connectivity index is 2.32. The first-order chi connectivity index (χ1) is 12.9. The number of benzene rings is 1. The van der Waals surface area contributed by atoms with Gasteiger partial charge in [-0.25, -0.2) is 16.8 Å². The molecule has 0 aliphatic carbocycles. The van der Waals surface area contributed by atoms with E-state index in [0.29, 0.717) is 24.5 Å². The number of anilines is 2. The highest BCUT2D eigenvalue weighted by atomic mass is 32.2. The van der Waals surface area contributed by atoms with Crippen LogP contribution in [0.4, 0.5) is 11.4 Å². The van der Waals surface area contributed by atoms with Crippen molar-refractivity contribution in [1.82, 2.24) is 8.61 Å². The second kappa shape index (κ2) is 8.76. The summed E-state index contributed by atoms with van der Waals surface area (Å²) >= 11 is 0. The fourth-order valence-electron chi connectivity index (χ4n) is 2.93. The van der Waals surface area contributed by atoms with Crippen molar-refractivity contribution >= 4 is 37.3 Å². The predicted molar refractivity (Wildman–Crippen MR) is 109 cm³/mol. The Labute approximate surface area is 167 Å². The molecule has 0 aromatic heterocycles. The van der Waals surface area contributed by atoms with E-state index in [4.69, 9.17) is 0 Å². The summed E-state index contributed by atoms with van der Waals surface area (Å²) in [6, 6.07) is 4.59. The van der Waals surface area contributed by atoms with Crippen LogP contribution in [0.3, 0.4) is 0 Å². The summed E-state index contributed by atoms with van der Waals surface area (Å²) in [6.07, 6.45) is 3.69. The van der Waals surface area contributed by atoms with E-state index in [1.54, 1.807) is 25.1 Å². The molecule has 0 radical (unpaired) electrons. The van der Waals surface area contributed by atoms with Gasteiger partial charge < -0.3 is 10.2 Å². The van der Waals surface area contributed by atoms with Crippen molar-refractivity contribution in [3.8, 4) is 0 Å². The molecule has 1 amide bonds. The Bertz CT molecular complexity index is 923. The van der Waals surface area contributed by atoms with Gasteiger partial charge in [-0.15, -0.1) is 0 Å². The number of hydrogen-bond acceptors (Lipinski definition) is 6. The highest BCUT2D eigenvalue weighted by molar-refractivity contribution is 7.89. The summed E-state index contributed by atoms with van der Waals surface area (Å²) in [5, 5.41) is 2.64. The monoisotopic (exact) mass is 432 g/mol. The molecular formula is C17H28N4O5S2. The van der Waals surface area contributed by atoms with Gasteiger partial charge in [0.15, 0.2) is 0 Å². The fraction of sp³-hybridized carbons (Fsp3) is 0.588. The summed E-state index contributed by atoms with van der Waals surface area (Å²) in [5.74, 6) is -0.552. The smallest absolute Gasteiger partial charge is 0.243 e. The molecule has 1 saturated heterocycles. The topological polar surface area (TPSA) is 107 Å². The summed E-state index contributed by atoms with van der Waals surface area (Å²) in [6.45, 7) is 0.603. The van der Waals surface area contributed by atoms with E-state index in [0.717, 1.165) is 29.8 Å². The van der Waals surface area contributed by atoms with Crippen molar-refractivity contribution in [1.29, 1.82) is 0 Å². The van der Waals surface area contributed by atoms with E-state index in [1.807, 2.05) is 0 Å². The molecule has 1 heterocycles. The van der Waals surface area contributed by atoms with Crippen LogP contribution in [0.1, 0.15) is 19.3 Å². The van der Waals surface area contributed by atoms with Crippen LogP contribution in [0, 0.1) is 0 Å². The first-order valence-corrected chi connectivity index (χ1v) is 12.2. The molecule has 9 nitrogen and oxygen atoms in total. The first kappa shape index (κ1) is 22.6. The number of nitrogens with zero attached hydrogens (tertiary/aromatic N) is 3. The number of carbonyl (C=O) groups excluding carboxylic acids is 1. The number of rotatable bonds is 7. The maximum absolute atomic E-state index is 12.9. The van der Waals surface area contributed by atoms with Crippen LogP contribution in [0.15, 0.2) is 23.1 Å². The molecule has 1 aliphatic rings. The van der Waals surface area contributed by atoms with Crippen LogP contribution in [-0.2, 0) is 24.8 Å². The molecule has 1 fully saturated rings. The van der Waals surface area contributed by atoms with Crippen LogP contribution < -0.4 is 10.2 Å². The van der Waals surface area contributed by atoms with Crippen molar-refractivity contribution in [2.24, 2.45) is 0 Å². The summed E-state index contributed by atoms with van der Waals surface area (Å²) in [5.41, 5.74) is 0.933. The van der Waals surface area contributed by atoms with Crippen molar-refractivity contribution in [3.63, 3.8) is 0 Å². The second-order valence-corrected chi connectivity index (χ2v) is 11.1. The molecule has 28 heavy (non-hydrogen) atoms. The van der Waals surface area contributed by atoms with Gasteiger partial charge in [-0.2, -0.15) is 8.61 Å². The third-order valence-electron chi connectivity index (χ3n) is 4.61. The third-order valence-corrected chi connectivity index (χ3v) is 7.77. The number of hydrogen-bond donors (Lipinski definition) is 1. The lowest BCUT2D eigenvalue weighted by molar-refractivity contribution is -0.116. The highest BCUT2D eigenvalue weighted by Gasteiger charge is 2.27. The molecule has 1 aromatic carbocycles. The Morgan fingerprint density at radius 1 is 1.07 bits per heavy atom. The van der Waals surface area contributed by atoms with E-state index in [9.17, 15) is 21.6 Å². The van der Waals surface area contributed by atoms with Gasteiger partial charge in [0, 0.05) is 34.2 Å². The molecule has 1 aromatic rings. The minimum Gasteiger partial charge on any atom is -0.376 e. The quantitative estimate of drug-likeness (QED) is 0.682. The third kappa shape index (κ3) is 5.43. The molecule has 0 saturated carbocycles. The zero-order valence-electron chi connectivity index (χ0n) is 16.7. The van der Waals surface area contributed by atoms with Crippen molar-refractivity contribution in [2.75, 3.05) is 57.2 Å². The zero-order valence-corrected chi connectivity index (χ0v) is 18.3. The minimum absolute atomic E-state index is 0.103. The first-order valence-electron chi connectivity index (χ1n) is 8.95. The molecule has 1 aliphatic heterocycles. The van der Waals surface area contributed by atoms with E-state index in [1.165, 1.54) is 23.5 Å². The number of carbonyl (C=O) groups is 1. The predicted octanol–water partition coefficient (Wildman–Crippen LogP) is 0.757. The molecule has 0 atom stereocenters. The summed E-state index contributed by atoms with van der Waals surface area (Å²) < 4.78 is 51.3. The number of nitrogens with one attached hydrogen (secondary N) is 1. The Hall–Kier alpha value is -1.69. The molecule has 1 N–H and O–H groups in total. The number of sulfonamides is 2. The Morgan fingerprint density at radius 3 is 2.21 bits per heavy atom. The largest absolute Gasteiger partial charge is 0.376 e. The van der Waals surface area contributed by atoms with E-state index in [-0.39, 0.29) is 11.4 Å². The molecule has 158 valence electrons. The van der Waals surface area contributed by atoms with Gasteiger partial charge in [-0.1, -0.05) is 6.42 Å². The number of amides is 1. The summed E-state index contributed by atoms with van der Waals surface area (Å²) in [4.78, 5) is 14.2. The molecule has 0 spiro atoms. The minimum atomic E-state index is -3.65. The van der Waals surface area contributed by atoms with Crippen molar-refractivity contribution in [2.45, 2.75) is 24.2 Å². The van der Waals surface area contributed by atoms with Crippen LogP contribution in [-0.4, -0.2) is 78.4 Å². The number of piperidine rings is 1. The molecular weight excluding hydrogens is 404 g/mol. The van der Waals surface area contributed by atoms with E-state index < -0.39 is 26.0 Å². The van der Waals surface area contributed by atoms with E-state index >= 15 is 0 Å². The number of likely N-dealkylation sites (N-methyl/N-ethyl adjacent to an activating group) is 1. The standard InChI is InChI=1S/C17H28N4O5S2/c1-19(2)16-9-8-14(28(25,26)21-10-6-5-7-11-21)12-15(16)18-17(22)13-20(3)27(4,23)24/h8-9,12H,5-7,10-11,13H2,1-4H3,(H,18,22). The molecule has 0 bridgehead atoms. The van der Waals surface area contributed by atoms with Gasteiger partial charge in [-0.05, 0) is 31.0 Å². The molecule has 0 unspecified atom stereocenters. The van der Waals surface area contributed by atoms with Crippen molar-refractivity contribution < 1.29 is 21.6 Å². The average Bonchev–Trinajstić information content (AvgIpc) is 2.61. The maximum Gasteiger partial charge on any atom is 0.243 e. The normalized spacial score (nSPS) is 16.2. The zero-order chi connectivity index (χ0) is 21.1. The Kier molecular flexibility index (Phi) is 7.07. The maximum atomic E-state index is 12.9. The van der Waals surface area contributed by atoms with Crippen LogP contribution in [0.25, 0.3) is 0 Å². The van der Waals surface area contributed by atoms with Crippen LogP contribution >= 0.6 is 0 Å². The van der Waals surface area contributed by atoms with Gasteiger partial charge in [-0.3, -0.25) is 4.79 Å². The SMILES string of the molecule is CN(C)c1ccc(S(=O)(=O)N2CCCCC2)cc1NC(=O)CN(C)S(C)(=O)=O. The molecule has 2 rings (SSSR count). The van der Waals surface area contributed by atoms with Gasteiger partial charge in [0.1, 0.15) is 0 Å². The average molecular weight is 433 g/mol. The molecule has 11 heteroatoms. The highest BCUT2D eigenvalue weighted by Crippen LogP contribution is 2.30. The summed E-state index contributed by atoms with van der Waals surface area (Å²) in [7, 11) is -2.31. The second-order valence-electron chi connectivity index (χ2n) is 7.11. The van der Waals surface area contributed by atoms with Crippen LogP contribution in [0.2, 0.25) is 0 Å². The van der Waals surface area contributed by atoms with Gasteiger partial charge in [0.25, 0.3) is 0 Å². The lowest BCUT2D eigenvalue weighted by Gasteiger charge is -2.27. The Morgan fingerprint density at radius 2 is 1.68 bits per heavy atom. The van der Waals surface area contributed by atoms with E-state index in [2.05, 4.69) is 5.32 Å². The van der Waals surface area contributed by atoms with Crippen LogP contribution in [0.5, 0.6) is 0 Å². The van der Waals surface area contributed by atoms with Gasteiger partial charge in [0.05, 0.1) is 29.1 Å². The lowest BCUT2D eigenvalue weighted by Crippen LogP contribution is -2.36. The van der Waals surface area contributed by atoms with Crippen molar-refractivity contribution in [3.05, 3.63) is 18.2 Å². The van der Waals surface area contributed by atoms with Gasteiger partial charge >= 0.3 is 0 Å². The fourth-order valence-corrected chi connectivity index (χ4v) is 4.82. The lowest BCUT2D eigenvalue weighted by atomic mass is 10.2.